The largest absolute Gasteiger partial charge is 0.375 e. The van der Waals surface area contributed by atoms with Crippen LogP contribution in [0.3, 0.4) is 0 Å². The lowest BCUT2D eigenvalue weighted by Gasteiger charge is -2.41. The summed E-state index contributed by atoms with van der Waals surface area (Å²) in [6.45, 7) is 2.29. The van der Waals surface area contributed by atoms with Crippen molar-refractivity contribution in [3.63, 3.8) is 0 Å². The molecule has 3 heterocycles. The number of nitrogens with zero attached hydrogens (tertiary/aromatic N) is 2. The summed E-state index contributed by atoms with van der Waals surface area (Å²) >= 11 is 0. The van der Waals surface area contributed by atoms with E-state index in [9.17, 15) is 4.79 Å². The van der Waals surface area contributed by atoms with Crippen molar-refractivity contribution in [2.45, 2.75) is 25.2 Å². The lowest BCUT2D eigenvalue weighted by molar-refractivity contribution is -0.131. The molecule has 1 saturated heterocycles. The molecule has 0 aromatic rings. The molecule has 5 aliphatic rings. The van der Waals surface area contributed by atoms with Crippen LogP contribution in [0.5, 0.6) is 0 Å². The van der Waals surface area contributed by atoms with Gasteiger partial charge in [0.1, 0.15) is 0 Å². The zero-order chi connectivity index (χ0) is 17.0. The van der Waals surface area contributed by atoms with Gasteiger partial charge in [0.15, 0.2) is 0 Å². The summed E-state index contributed by atoms with van der Waals surface area (Å²) < 4.78 is 0. The van der Waals surface area contributed by atoms with Crippen molar-refractivity contribution in [1.29, 1.82) is 0 Å². The number of carbonyl (C=O) groups is 1. The van der Waals surface area contributed by atoms with Crippen LogP contribution in [-0.2, 0) is 4.79 Å². The van der Waals surface area contributed by atoms with Gasteiger partial charge in [-0.25, -0.2) is 0 Å². The van der Waals surface area contributed by atoms with Crippen molar-refractivity contribution in [2.75, 3.05) is 26.8 Å². The predicted molar refractivity (Wildman–Crippen MR) is 95.8 cm³/mol. The molecule has 0 bridgehead atoms. The lowest BCUT2D eigenvalue weighted by Crippen LogP contribution is -2.63. The maximum Gasteiger partial charge on any atom is 0.226 e. The smallest absolute Gasteiger partial charge is 0.226 e. The third-order valence-electron chi connectivity index (χ3n) is 5.93. The number of rotatable bonds is 3. The molecule has 132 valence electrons. The second-order valence-corrected chi connectivity index (χ2v) is 7.61. The molecule has 6 heteroatoms. The number of hydrogen-bond acceptors (Lipinski definition) is 5. The Kier molecular flexibility index (Phi) is 3.50. The second kappa shape index (κ2) is 5.75. The van der Waals surface area contributed by atoms with Crippen LogP contribution in [-0.4, -0.2) is 54.8 Å². The molecule has 0 radical (unpaired) electrons. The zero-order valence-electron chi connectivity index (χ0n) is 14.5. The first kappa shape index (κ1) is 15.2. The third-order valence-corrected chi connectivity index (χ3v) is 5.93. The fourth-order valence-electron chi connectivity index (χ4n) is 4.26. The minimum Gasteiger partial charge on any atom is -0.375 e. The highest BCUT2D eigenvalue weighted by molar-refractivity contribution is 5.82. The van der Waals surface area contributed by atoms with Crippen LogP contribution in [0.25, 0.3) is 0 Å². The standard InChI is InChI=1S/C19H25N5O/c1-23(18-16-4-6-20-17(16)21-11-22-18)15-8-13-5-7-24(10-14(13)9-15)19(25)12-2-3-12/h4-6,8-9,12,16-18,20-22H,2-3,7,10-11H2,1H3/t16-,17+,18?/m0/s1. The summed E-state index contributed by atoms with van der Waals surface area (Å²) in [5.74, 6) is 1.02. The SMILES string of the molecule is CN(C1=CC2=CCN(C(=O)C3CC3)CC2=C1)C1NCN[C@H]2NC=C[C@H]12. The molecule has 25 heavy (non-hydrogen) atoms. The summed E-state index contributed by atoms with van der Waals surface area (Å²) in [5, 5.41) is 10.4. The van der Waals surface area contributed by atoms with Crippen molar-refractivity contribution in [1.82, 2.24) is 25.8 Å². The summed E-state index contributed by atoms with van der Waals surface area (Å²) in [7, 11) is 2.15. The van der Waals surface area contributed by atoms with Crippen LogP contribution in [0.2, 0.25) is 0 Å². The Labute approximate surface area is 148 Å². The van der Waals surface area contributed by atoms with E-state index in [1.165, 1.54) is 16.8 Å². The van der Waals surface area contributed by atoms with Crippen molar-refractivity contribution >= 4 is 5.91 Å². The number of fused-ring (bicyclic) bond motifs is 2. The van der Waals surface area contributed by atoms with Crippen LogP contribution in [0.4, 0.5) is 0 Å². The number of amides is 1. The molecular weight excluding hydrogens is 314 g/mol. The number of carbonyl (C=O) groups excluding carboxylic acids is 1. The van der Waals surface area contributed by atoms with E-state index in [0.717, 1.165) is 32.6 Å². The highest BCUT2D eigenvalue weighted by Crippen LogP contribution is 2.35. The molecule has 2 fully saturated rings. The minimum absolute atomic E-state index is 0.255. The first-order chi connectivity index (χ1) is 12.2. The van der Waals surface area contributed by atoms with Gasteiger partial charge in [0.25, 0.3) is 0 Å². The Morgan fingerprint density at radius 1 is 1.28 bits per heavy atom. The van der Waals surface area contributed by atoms with Gasteiger partial charge in [-0.05, 0) is 42.3 Å². The fraction of sp³-hybridized carbons (Fsp3) is 0.526. The van der Waals surface area contributed by atoms with E-state index in [2.05, 4.69) is 52.2 Å². The van der Waals surface area contributed by atoms with E-state index in [1.807, 2.05) is 11.1 Å². The third kappa shape index (κ3) is 2.60. The van der Waals surface area contributed by atoms with E-state index in [-0.39, 0.29) is 6.17 Å². The number of allylic oxidation sites excluding steroid dienone is 2. The minimum atomic E-state index is 0.255. The van der Waals surface area contributed by atoms with Crippen LogP contribution in [0, 0.1) is 11.8 Å². The number of hydrogen-bond donors (Lipinski definition) is 3. The first-order valence-electron chi connectivity index (χ1n) is 9.24. The topological polar surface area (TPSA) is 59.6 Å². The molecule has 1 saturated carbocycles. The molecule has 0 spiro atoms. The van der Waals surface area contributed by atoms with Gasteiger partial charge >= 0.3 is 0 Å². The summed E-state index contributed by atoms with van der Waals surface area (Å²) in [6, 6.07) is 0. The molecule has 3 atom stereocenters. The summed E-state index contributed by atoms with van der Waals surface area (Å²) in [6.07, 6.45) is 13.7. The molecule has 1 amide bonds. The number of nitrogens with one attached hydrogen (secondary N) is 3. The first-order valence-corrected chi connectivity index (χ1v) is 9.24. The van der Waals surface area contributed by atoms with Crippen LogP contribution in [0.1, 0.15) is 12.8 Å². The van der Waals surface area contributed by atoms with Gasteiger partial charge in [0.2, 0.25) is 5.91 Å². The summed E-state index contributed by atoms with van der Waals surface area (Å²) in [5.41, 5.74) is 3.78. The van der Waals surface area contributed by atoms with Gasteiger partial charge in [-0.1, -0.05) is 12.2 Å². The van der Waals surface area contributed by atoms with Gasteiger partial charge in [-0.3, -0.25) is 15.4 Å². The van der Waals surface area contributed by atoms with Crippen LogP contribution >= 0.6 is 0 Å². The highest BCUT2D eigenvalue weighted by Gasteiger charge is 2.38. The zero-order valence-corrected chi connectivity index (χ0v) is 14.5. The van der Waals surface area contributed by atoms with Crippen LogP contribution in [0.15, 0.2) is 47.3 Å². The molecular formula is C19H25N5O. The van der Waals surface area contributed by atoms with Crippen molar-refractivity contribution in [3.05, 3.63) is 47.3 Å². The molecule has 1 unspecified atom stereocenters. The fourth-order valence-corrected chi connectivity index (χ4v) is 4.26. The monoisotopic (exact) mass is 339 g/mol. The van der Waals surface area contributed by atoms with Gasteiger partial charge in [0, 0.05) is 44.3 Å². The normalized spacial score (nSPS) is 33.1. The van der Waals surface area contributed by atoms with Gasteiger partial charge in [0.05, 0.1) is 12.3 Å². The average molecular weight is 339 g/mol. The van der Waals surface area contributed by atoms with Crippen molar-refractivity contribution < 1.29 is 4.79 Å². The van der Waals surface area contributed by atoms with Crippen LogP contribution < -0.4 is 16.0 Å². The Bertz CT molecular complexity index is 717. The predicted octanol–water partition coefficient (Wildman–Crippen LogP) is 0.456. The van der Waals surface area contributed by atoms with Gasteiger partial charge in [-0.2, -0.15) is 0 Å². The van der Waals surface area contributed by atoms with Crippen molar-refractivity contribution in [2.24, 2.45) is 11.8 Å². The highest BCUT2D eigenvalue weighted by atomic mass is 16.2. The maximum atomic E-state index is 12.3. The average Bonchev–Trinajstić information content (AvgIpc) is 3.21. The molecule has 6 nitrogen and oxygen atoms in total. The van der Waals surface area contributed by atoms with E-state index in [4.69, 9.17) is 0 Å². The van der Waals surface area contributed by atoms with E-state index >= 15 is 0 Å². The Morgan fingerprint density at radius 3 is 3.00 bits per heavy atom. The Balaban J connectivity index is 1.32. The molecule has 0 aromatic heterocycles. The maximum absolute atomic E-state index is 12.3. The second-order valence-electron chi connectivity index (χ2n) is 7.61. The molecule has 5 rings (SSSR count). The number of likely N-dealkylation sites (N-methyl/N-ethyl adjacent to an activating group) is 1. The Morgan fingerprint density at radius 2 is 2.16 bits per heavy atom. The Hall–Kier alpha value is -2.05. The molecule has 3 N–H and O–H groups in total. The quantitative estimate of drug-likeness (QED) is 0.697. The van der Waals surface area contributed by atoms with Gasteiger partial charge in [-0.15, -0.1) is 0 Å². The van der Waals surface area contributed by atoms with E-state index in [1.54, 1.807) is 0 Å². The lowest BCUT2D eigenvalue weighted by atomic mass is 10.0. The molecule has 3 aliphatic heterocycles. The van der Waals surface area contributed by atoms with E-state index < -0.39 is 0 Å². The van der Waals surface area contributed by atoms with Crippen molar-refractivity contribution in [3.8, 4) is 0 Å². The van der Waals surface area contributed by atoms with Gasteiger partial charge < -0.3 is 15.1 Å². The summed E-state index contributed by atoms with van der Waals surface area (Å²) in [4.78, 5) is 16.7. The molecule has 0 aromatic carbocycles. The molecule has 2 aliphatic carbocycles. The van der Waals surface area contributed by atoms with E-state index in [0.29, 0.717) is 23.9 Å².